The Hall–Kier alpha value is -1.48. The smallest absolute Gasteiger partial charge is 0.328 e. The summed E-state index contributed by atoms with van der Waals surface area (Å²) in [6, 6.07) is 1.11. The molecule has 0 aliphatic carbocycles. The van der Waals surface area contributed by atoms with E-state index >= 15 is 0 Å². The third-order valence-electron chi connectivity index (χ3n) is 3.78. The van der Waals surface area contributed by atoms with Crippen molar-refractivity contribution in [2.24, 2.45) is 0 Å². The molecular weight excluding hydrogens is 443 g/mol. The maximum atomic E-state index is 12.0. The summed E-state index contributed by atoms with van der Waals surface area (Å²) < 4.78 is 11.8. The molecule has 128 valence electrons. The van der Waals surface area contributed by atoms with E-state index in [1.165, 1.54) is 14.0 Å². The summed E-state index contributed by atoms with van der Waals surface area (Å²) in [4.78, 5) is 26.7. The van der Waals surface area contributed by atoms with Gasteiger partial charge in [-0.2, -0.15) is 0 Å². The van der Waals surface area contributed by atoms with Gasteiger partial charge in [-0.3, -0.25) is 4.79 Å². The van der Waals surface area contributed by atoms with Gasteiger partial charge in [0.15, 0.2) is 0 Å². The molecule has 0 radical (unpaired) electrons. The monoisotopic (exact) mass is 458 g/mol. The number of ether oxygens (including phenoxy) is 2. The number of hydrogen-bond acceptors (Lipinski definition) is 4. The van der Waals surface area contributed by atoms with Gasteiger partial charge in [-0.15, -0.1) is 0 Å². The number of carbonyl (C=O) groups excluding carboxylic acids is 2. The van der Waals surface area contributed by atoms with Gasteiger partial charge in [0.1, 0.15) is 19.6 Å². The molecule has 0 unspecified atom stereocenters. The molecule has 0 aliphatic heterocycles. The molecule has 24 heavy (non-hydrogen) atoms. The predicted octanol–water partition coefficient (Wildman–Crippen LogP) is 1.18. The van der Waals surface area contributed by atoms with Gasteiger partial charge in [-0.1, -0.05) is 0 Å². The first kappa shape index (κ1) is 18.9. The molecule has 0 spiro atoms. The molecule has 1 atom stereocenters. The molecule has 0 saturated heterocycles. The van der Waals surface area contributed by atoms with E-state index in [1.807, 2.05) is 13.9 Å². The van der Waals surface area contributed by atoms with Crippen LogP contribution in [0, 0.1) is 0 Å². The van der Waals surface area contributed by atoms with Crippen LogP contribution in [0.5, 0.6) is 5.75 Å². The highest BCUT2D eigenvalue weighted by molar-refractivity contribution is 9.11. The van der Waals surface area contributed by atoms with Gasteiger partial charge in [-0.25, -0.2) is 4.79 Å². The van der Waals surface area contributed by atoms with Crippen LogP contribution in [0.2, 0.25) is 0 Å². The molecule has 1 aromatic heterocycles. The number of aromatic nitrogens is 1. The van der Waals surface area contributed by atoms with Crippen LogP contribution in [0.15, 0.2) is 15.1 Å². The van der Waals surface area contributed by atoms with E-state index in [-0.39, 0.29) is 12.3 Å². The van der Waals surface area contributed by atoms with E-state index in [4.69, 9.17) is 9.47 Å². The maximum absolute atomic E-state index is 12.0. The van der Waals surface area contributed by atoms with Crippen LogP contribution in [0.3, 0.4) is 0 Å². The van der Waals surface area contributed by atoms with Crippen LogP contribution in [0.1, 0.15) is 12.5 Å². The van der Waals surface area contributed by atoms with E-state index in [2.05, 4.69) is 42.2 Å². The molecule has 2 aromatic rings. The van der Waals surface area contributed by atoms with E-state index in [1.54, 1.807) is 7.11 Å². The summed E-state index contributed by atoms with van der Waals surface area (Å²) in [5.74, 6) is -0.0563. The molecule has 1 amide bonds. The summed E-state index contributed by atoms with van der Waals surface area (Å²) in [5, 5.41) is 3.57. The van der Waals surface area contributed by atoms with Crippen molar-refractivity contribution >= 4 is 67.9 Å². The Morgan fingerprint density at radius 1 is 1.38 bits per heavy atom. The first-order chi connectivity index (χ1) is 11.3. The zero-order valence-electron chi connectivity index (χ0n) is 13.8. The molecule has 9 heteroatoms. The minimum atomic E-state index is -0.771. The van der Waals surface area contributed by atoms with Gasteiger partial charge < -0.3 is 19.8 Å². The van der Waals surface area contributed by atoms with Crippen molar-refractivity contribution in [3.8, 4) is 5.75 Å². The van der Waals surface area contributed by atoms with E-state index in [0.29, 0.717) is 0 Å². The van der Waals surface area contributed by atoms with Crippen LogP contribution in [-0.4, -0.2) is 45.0 Å². The van der Waals surface area contributed by atoms with Crippen molar-refractivity contribution < 1.29 is 19.1 Å². The number of hydrogen-bond donors (Lipinski definition) is 2. The topological polar surface area (TPSA) is 80.4 Å². The lowest BCUT2D eigenvalue weighted by atomic mass is 9.88. The van der Waals surface area contributed by atoms with E-state index < -0.39 is 12.0 Å². The van der Waals surface area contributed by atoms with E-state index in [9.17, 15) is 9.59 Å². The summed E-state index contributed by atoms with van der Waals surface area (Å²) in [7, 11) is 4.85. The third-order valence-corrected chi connectivity index (χ3v) is 5.09. The molecule has 2 rings (SSSR count). The Balaban J connectivity index is 2.58. The minimum Gasteiger partial charge on any atom is -0.497 e. The number of benzene rings is 1. The van der Waals surface area contributed by atoms with Crippen molar-refractivity contribution in [2.75, 3.05) is 14.2 Å². The summed E-state index contributed by atoms with van der Waals surface area (Å²) in [5.41, 5.74) is 2.70. The Bertz CT molecular complexity index is 807. The number of carbonyl (C=O) groups is 2. The normalized spacial score (nSPS) is 12.0. The van der Waals surface area contributed by atoms with Gasteiger partial charge in [0.2, 0.25) is 5.91 Å². The number of rotatable bonds is 5. The molecule has 6 nitrogen and oxygen atoms in total. The fraction of sp³-hybridized carbons (Fsp3) is 0.333. The first-order valence-electron chi connectivity index (χ1n) is 7.18. The number of esters is 1. The zero-order valence-corrected chi connectivity index (χ0v) is 16.9. The Morgan fingerprint density at radius 2 is 2.04 bits per heavy atom. The number of nitrogens with one attached hydrogen (secondary N) is 2. The predicted molar refractivity (Wildman–Crippen MR) is 102 cm³/mol. The van der Waals surface area contributed by atoms with Crippen LogP contribution in [-0.2, 0) is 20.7 Å². The zero-order chi connectivity index (χ0) is 18.0. The number of aromatic amines is 1. The highest BCUT2D eigenvalue weighted by Gasteiger charge is 2.25. The van der Waals surface area contributed by atoms with Crippen LogP contribution < -0.4 is 15.5 Å². The number of fused-ring (bicyclic) bond motifs is 1. The molecule has 1 aromatic carbocycles. The third kappa shape index (κ3) is 3.61. The highest BCUT2D eigenvalue weighted by atomic mass is 79.9. The number of halogens is 2. The van der Waals surface area contributed by atoms with Crippen molar-refractivity contribution in [3.05, 3.63) is 20.7 Å². The molecular formula is C15H17BBr2N2O4. The van der Waals surface area contributed by atoms with Crippen molar-refractivity contribution in [1.29, 1.82) is 0 Å². The Morgan fingerprint density at radius 3 is 2.58 bits per heavy atom. The summed E-state index contributed by atoms with van der Waals surface area (Å²) >= 11 is 7.03. The van der Waals surface area contributed by atoms with Crippen LogP contribution in [0.25, 0.3) is 10.9 Å². The lowest BCUT2D eigenvalue weighted by molar-refractivity contribution is -0.144. The molecule has 0 bridgehead atoms. The van der Waals surface area contributed by atoms with Crippen molar-refractivity contribution in [1.82, 2.24) is 10.3 Å². The maximum Gasteiger partial charge on any atom is 0.328 e. The standard InChI is InChI=1S/C15H17BBr2N2O4/c1-6(21)19-9(15(22)24-3)4-7-11-12(16)10(23-2)5-8(17)13(11)20-14(7)18/h5,9,20H,4,16H2,1-3H3,(H,19,21)/t9-/m0/s1. The van der Waals surface area contributed by atoms with Gasteiger partial charge in [0.25, 0.3) is 0 Å². The first-order valence-corrected chi connectivity index (χ1v) is 8.76. The van der Waals surface area contributed by atoms with E-state index in [0.717, 1.165) is 36.8 Å². The fourth-order valence-electron chi connectivity index (χ4n) is 2.71. The van der Waals surface area contributed by atoms with Gasteiger partial charge in [0.05, 0.1) is 24.3 Å². The lowest BCUT2D eigenvalue weighted by Crippen LogP contribution is -2.42. The fourth-order valence-corrected chi connectivity index (χ4v) is 3.77. The average molecular weight is 460 g/mol. The molecule has 0 fully saturated rings. The molecule has 0 aliphatic rings. The van der Waals surface area contributed by atoms with Crippen LogP contribution in [0.4, 0.5) is 0 Å². The highest BCUT2D eigenvalue weighted by Crippen LogP contribution is 2.33. The second-order valence-electron chi connectivity index (χ2n) is 5.33. The quantitative estimate of drug-likeness (QED) is 0.520. The molecule has 0 saturated carbocycles. The second-order valence-corrected chi connectivity index (χ2v) is 6.98. The second kappa shape index (κ2) is 7.61. The number of H-pyrrole nitrogens is 1. The minimum absolute atomic E-state index is 0.285. The lowest BCUT2D eigenvalue weighted by Gasteiger charge is -2.16. The summed E-state index contributed by atoms with van der Waals surface area (Å²) in [6.45, 7) is 1.37. The number of methoxy groups -OCH3 is 2. The Kier molecular flexibility index (Phi) is 5.98. The molecule has 2 N–H and O–H groups in total. The van der Waals surface area contributed by atoms with Crippen LogP contribution >= 0.6 is 31.9 Å². The van der Waals surface area contributed by atoms with Crippen molar-refractivity contribution in [3.63, 3.8) is 0 Å². The summed E-state index contributed by atoms with van der Waals surface area (Å²) in [6.07, 6.45) is 0.285. The van der Waals surface area contributed by atoms with Gasteiger partial charge in [-0.05, 0) is 49.0 Å². The largest absolute Gasteiger partial charge is 0.497 e. The van der Waals surface area contributed by atoms with Crippen molar-refractivity contribution in [2.45, 2.75) is 19.4 Å². The molecule has 1 heterocycles. The Labute approximate surface area is 157 Å². The average Bonchev–Trinajstić information content (AvgIpc) is 2.86. The van der Waals surface area contributed by atoms with Gasteiger partial charge in [0, 0.05) is 23.2 Å². The SMILES string of the molecule is Bc1c(OC)cc(Br)c2[nH]c(Br)c(C[C@H](NC(C)=O)C(=O)OC)c12. The van der Waals surface area contributed by atoms with Gasteiger partial charge >= 0.3 is 5.97 Å². The number of amides is 1.